The molecule has 0 aliphatic carbocycles. The minimum Gasteiger partial charge on any atom is -0.490 e. The summed E-state index contributed by atoms with van der Waals surface area (Å²) in [4.78, 5) is 12.8. The molecule has 1 amide bonds. The molecular formula is C24H28N4O3S. The number of hydrogen-bond acceptors (Lipinski definition) is 6. The van der Waals surface area contributed by atoms with Crippen molar-refractivity contribution in [2.75, 3.05) is 19.0 Å². The van der Waals surface area contributed by atoms with Crippen molar-refractivity contribution in [1.29, 1.82) is 0 Å². The maximum Gasteiger partial charge on any atom is 0.230 e. The summed E-state index contributed by atoms with van der Waals surface area (Å²) in [6.07, 6.45) is 2.54. The number of hydrogen-bond donors (Lipinski definition) is 1. The second-order valence-corrected chi connectivity index (χ2v) is 9.05. The van der Waals surface area contributed by atoms with Gasteiger partial charge in [-0.1, -0.05) is 49.9 Å². The zero-order valence-electron chi connectivity index (χ0n) is 18.6. The Hall–Kier alpha value is -3.00. The third kappa shape index (κ3) is 5.07. The minimum absolute atomic E-state index is 0.0554. The number of rotatable bonds is 7. The van der Waals surface area contributed by atoms with E-state index in [0.717, 1.165) is 34.7 Å². The van der Waals surface area contributed by atoms with Crippen LogP contribution in [0.4, 0.5) is 0 Å². The molecule has 2 heterocycles. The summed E-state index contributed by atoms with van der Waals surface area (Å²) in [5.41, 5.74) is 3.13. The molecule has 7 nitrogen and oxygen atoms in total. The summed E-state index contributed by atoms with van der Waals surface area (Å²) < 4.78 is 13.5. The second kappa shape index (κ2) is 10.1. The summed E-state index contributed by atoms with van der Waals surface area (Å²) in [5.74, 6) is 1.90. The molecule has 2 aromatic carbocycles. The predicted molar refractivity (Wildman–Crippen MR) is 125 cm³/mol. The van der Waals surface area contributed by atoms with Gasteiger partial charge in [-0.05, 0) is 42.2 Å². The van der Waals surface area contributed by atoms with Gasteiger partial charge in [-0.25, -0.2) is 0 Å². The Bertz CT molecular complexity index is 1080. The molecule has 1 N–H and O–H groups in total. The lowest BCUT2D eigenvalue weighted by molar-refractivity contribution is -0.119. The first-order chi connectivity index (χ1) is 15.5. The molecule has 1 atom stereocenters. The zero-order valence-corrected chi connectivity index (χ0v) is 19.4. The van der Waals surface area contributed by atoms with Crippen LogP contribution in [0.25, 0.3) is 5.69 Å². The maximum absolute atomic E-state index is 12.8. The van der Waals surface area contributed by atoms with E-state index >= 15 is 0 Å². The van der Waals surface area contributed by atoms with Gasteiger partial charge in [-0.2, -0.15) is 0 Å². The van der Waals surface area contributed by atoms with Gasteiger partial charge in [0.2, 0.25) is 5.91 Å². The number of nitrogens with zero attached hydrogens (tertiary/aromatic N) is 3. The Morgan fingerprint density at radius 1 is 1.16 bits per heavy atom. The van der Waals surface area contributed by atoms with Gasteiger partial charge < -0.3 is 14.8 Å². The Morgan fingerprint density at radius 2 is 1.94 bits per heavy atom. The van der Waals surface area contributed by atoms with E-state index in [1.165, 1.54) is 11.8 Å². The lowest BCUT2D eigenvalue weighted by Gasteiger charge is -2.24. The lowest BCUT2D eigenvalue weighted by Crippen LogP contribution is -2.33. The van der Waals surface area contributed by atoms with Gasteiger partial charge in [0, 0.05) is 6.42 Å². The normalized spacial score (nSPS) is 14.1. The number of para-hydroxylation sites is 1. The van der Waals surface area contributed by atoms with E-state index in [1.807, 2.05) is 54.0 Å². The highest BCUT2D eigenvalue weighted by atomic mass is 32.2. The topological polar surface area (TPSA) is 78.3 Å². The van der Waals surface area contributed by atoms with Crippen molar-refractivity contribution in [3.8, 4) is 17.2 Å². The fourth-order valence-electron chi connectivity index (χ4n) is 3.68. The van der Waals surface area contributed by atoms with Crippen LogP contribution in [0.3, 0.4) is 0 Å². The molecular weight excluding hydrogens is 424 g/mol. The quantitative estimate of drug-likeness (QED) is 0.537. The molecule has 0 bridgehead atoms. The average Bonchev–Trinajstić information content (AvgIpc) is 3.12. The highest BCUT2D eigenvalue weighted by Crippen LogP contribution is 2.34. The van der Waals surface area contributed by atoms with E-state index in [1.54, 1.807) is 6.33 Å². The van der Waals surface area contributed by atoms with Crippen LogP contribution in [-0.4, -0.2) is 39.6 Å². The molecule has 0 spiro atoms. The SMILES string of the molecule is Cc1ccccc1-n1cnnc1SCC(=O)N[C@@H](c1ccc2c(c1)OCCCO2)C(C)C. The Kier molecular flexibility index (Phi) is 6.99. The number of aromatic nitrogens is 3. The number of fused-ring (bicyclic) bond motifs is 1. The standard InChI is InChI=1S/C24H28N4O3S/c1-16(2)23(18-9-10-20-21(13-18)31-12-6-11-30-20)26-22(29)14-32-24-27-25-15-28(24)19-8-5-4-7-17(19)3/h4-5,7-10,13,15-16,23H,6,11-12,14H2,1-3H3,(H,26,29)/t23-/m1/s1. The number of carbonyl (C=O) groups is 1. The molecule has 1 aromatic heterocycles. The third-order valence-corrected chi connectivity index (χ3v) is 6.28. The van der Waals surface area contributed by atoms with Crippen molar-refractivity contribution >= 4 is 17.7 Å². The smallest absolute Gasteiger partial charge is 0.230 e. The van der Waals surface area contributed by atoms with Gasteiger partial charge in [0.15, 0.2) is 16.7 Å². The lowest BCUT2D eigenvalue weighted by atomic mass is 9.95. The number of aryl methyl sites for hydroxylation is 1. The molecule has 32 heavy (non-hydrogen) atoms. The summed E-state index contributed by atoms with van der Waals surface area (Å²) >= 11 is 1.37. The molecule has 0 fully saturated rings. The number of ether oxygens (including phenoxy) is 2. The van der Waals surface area contributed by atoms with Crippen molar-refractivity contribution < 1.29 is 14.3 Å². The van der Waals surface area contributed by atoms with Crippen LogP contribution < -0.4 is 14.8 Å². The monoisotopic (exact) mass is 452 g/mol. The number of benzene rings is 2. The summed E-state index contributed by atoms with van der Waals surface area (Å²) in [6, 6.07) is 13.8. The molecule has 0 radical (unpaired) electrons. The van der Waals surface area contributed by atoms with Crippen LogP contribution in [0, 0.1) is 12.8 Å². The van der Waals surface area contributed by atoms with Crippen LogP contribution >= 0.6 is 11.8 Å². The number of thioether (sulfide) groups is 1. The van der Waals surface area contributed by atoms with Gasteiger partial charge in [0.25, 0.3) is 0 Å². The highest BCUT2D eigenvalue weighted by Gasteiger charge is 2.22. The number of amides is 1. The molecule has 1 aliphatic rings. The Labute approximate surface area is 192 Å². The molecule has 168 valence electrons. The van der Waals surface area contributed by atoms with Gasteiger partial charge in [0.1, 0.15) is 6.33 Å². The van der Waals surface area contributed by atoms with E-state index < -0.39 is 0 Å². The first-order valence-corrected chi connectivity index (χ1v) is 11.8. The van der Waals surface area contributed by atoms with Crippen LogP contribution in [0.1, 0.15) is 37.4 Å². The molecule has 0 saturated carbocycles. The van der Waals surface area contributed by atoms with E-state index in [9.17, 15) is 4.79 Å². The first-order valence-electron chi connectivity index (χ1n) is 10.8. The molecule has 0 saturated heterocycles. The summed E-state index contributed by atoms with van der Waals surface area (Å²) in [7, 11) is 0. The van der Waals surface area contributed by atoms with Crippen LogP contribution in [0.2, 0.25) is 0 Å². The molecule has 4 rings (SSSR count). The highest BCUT2D eigenvalue weighted by molar-refractivity contribution is 7.99. The Balaban J connectivity index is 1.44. The fraction of sp³-hybridized carbons (Fsp3) is 0.375. The van der Waals surface area contributed by atoms with Gasteiger partial charge in [-0.15, -0.1) is 10.2 Å². The average molecular weight is 453 g/mol. The van der Waals surface area contributed by atoms with Crippen molar-refractivity contribution in [2.45, 2.75) is 38.4 Å². The largest absolute Gasteiger partial charge is 0.490 e. The minimum atomic E-state index is -0.130. The van der Waals surface area contributed by atoms with Crippen molar-refractivity contribution in [2.24, 2.45) is 5.92 Å². The second-order valence-electron chi connectivity index (χ2n) is 8.10. The van der Waals surface area contributed by atoms with Crippen LogP contribution in [0.15, 0.2) is 53.9 Å². The van der Waals surface area contributed by atoms with Gasteiger partial charge in [-0.3, -0.25) is 9.36 Å². The van der Waals surface area contributed by atoms with Gasteiger partial charge >= 0.3 is 0 Å². The maximum atomic E-state index is 12.8. The molecule has 1 aliphatic heterocycles. The molecule has 0 unspecified atom stereocenters. The summed E-state index contributed by atoms with van der Waals surface area (Å²) in [5, 5.41) is 12.1. The zero-order chi connectivity index (χ0) is 22.5. The number of nitrogens with one attached hydrogen (secondary N) is 1. The Morgan fingerprint density at radius 3 is 2.72 bits per heavy atom. The van der Waals surface area contributed by atoms with Crippen LogP contribution in [0.5, 0.6) is 11.5 Å². The van der Waals surface area contributed by atoms with Gasteiger partial charge in [0.05, 0.1) is 30.7 Å². The first kappa shape index (κ1) is 22.2. The van der Waals surface area contributed by atoms with E-state index in [-0.39, 0.29) is 23.6 Å². The van der Waals surface area contributed by atoms with E-state index in [2.05, 4.69) is 29.4 Å². The molecule has 3 aromatic rings. The predicted octanol–water partition coefficient (Wildman–Crippen LogP) is 4.34. The van der Waals surface area contributed by atoms with E-state index in [0.29, 0.717) is 18.4 Å². The van der Waals surface area contributed by atoms with Crippen LogP contribution in [-0.2, 0) is 4.79 Å². The van der Waals surface area contributed by atoms with Crippen molar-refractivity contribution in [3.63, 3.8) is 0 Å². The summed E-state index contributed by atoms with van der Waals surface area (Å²) in [6.45, 7) is 7.51. The molecule has 8 heteroatoms. The van der Waals surface area contributed by atoms with E-state index in [4.69, 9.17) is 9.47 Å². The van der Waals surface area contributed by atoms with Crippen molar-refractivity contribution in [3.05, 3.63) is 59.9 Å². The van der Waals surface area contributed by atoms with Crippen molar-refractivity contribution in [1.82, 2.24) is 20.1 Å². The third-order valence-electron chi connectivity index (χ3n) is 5.34. The number of carbonyl (C=O) groups excluding carboxylic acids is 1. The fourth-order valence-corrected chi connectivity index (χ4v) is 4.41.